The Balaban J connectivity index is 1.96. The van der Waals surface area contributed by atoms with E-state index in [-0.39, 0.29) is 5.60 Å². The molecule has 2 unspecified atom stereocenters. The van der Waals surface area contributed by atoms with Crippen LogP contribution < -0.4 is 0 Å². The number of rotatable bonds is 3. The smallest absolute Gasteiger partial charge is 0.0901 e. The Morgan fingerprint density at radius 1 is 1.60 bits per heavy atom. The fraction of sp³-hybridized carbons (Fsp3) is 1.00. The molecule has 0 radical (unpaired) electrons. The fourth-order valence-electron chi connectivity index (χ4n) is 2.58. The second-order valence-electron chi connectivity index (χ2n) is 4.61. The van der Waals surface area contributed by atoms with Gasteiger partial charge in [-0.25, -0.2) is 0 Å². The topological polar surface area (TPSA) is 12.5 Å². The number of nitrogens with zero attached hydrogens (tertiary/aromatic N) is 1. The summed E-state index contributed by atoms with van der Waals surface area (Å²) in [6.45, 7) is 2.38. The number of likely N-dealkylation sites (tertiary alicyclic amines) is 1. The molecule has 0 aliphatic carbocycles. The Kier molecular flexibility index (Phi) is 4.39. The van der Waals surface area contributed by atoms with E-state index in [9.17, 15) is 0 Å². The van der Waals surface area contributed by atoms with E-state index in [0.29, 0.717) is 0 Å². The molecular weight excluding hydrogens is 274 g/mol. The molecule has 2 aliphatic heterocycles. The van der Waals surface area contributed by atoms with Crippen LogP contribution in [0, 0.1) is 0 Å². The number of ether oxygens (including phenoxy) is 1. The van der Waals surface area contributed by atoms with Crippen molar-refractivity contribution >= 4 is 27.7 Å². The summed E-state index contributed by atoms with van der Waals surface area (Å²) in [7, 11) is 1.86. The Bertz CT molecular complexity index is 205. The first-order valence-electron chi connectivity index (χ1n) is 5.72. The average Bonchev–Trinajstić information content (AvgIpc) is 2.82. The third-order valence-corrected chi connectivity index (χ3v) is 5.83. The van der Waals surface area contributed by atoms with Crippen LogP contribution >= 0.6 is 27.7 Å². The highest BCUT2D eigenvalue weighted by Gasteiger charge is 2.37. The van der Waals surface area contributed by atoms with Gasteiger partial charge < -0.3 is 4.74 Å². The Morgan fingerprint density at radius 3 is 3.07 bits per heavy atom. The van der Waals surface area contributed by atoms with Crippen LogP contribution in [-0.2, 0) is 4.74 Å². The summed E-state index contributed by atoms with van der Waals surface area (Å²) < 4.78 is 5.72. The Hall–Kier alpha value is 0.750. The standard InChI is InChI=1S/C11H20BrNOS/c1-14-11(8-12)4-2-5-13(9-11)10-3-6-15-7-10/h10H,2-9H2,1H3. The van der Waals surface area contributed by atoms with E-state index in [1.807, 2.05) is 7.11 Å². The van der Waals surface area contributed by atoms with Crippen LogP contribution in [0.2, 0.25) is 0 Å². The molecule has 2 heterocycles. The lowest BCUT2D eigenvalue weighted by molar-refractivity contribution is -0.0543. The lowest BCUT2D eigenvalue weighted by Gasteiger charge is -2.43. The summed E-state index contributed by atoms with van der Waals surface area (Å²) >= 11 is 5.70. The predicted molar refractivity (Wildman–Crippen MR) is 70.1 cm³/mol. The maximum Gasteiger partial charge on any atom is 0.0901 e. The summed E-state index contributed by atoms with van der Waals surface area (Å²) in [6.07, 6.45) is 3.85. The van der Waals surface area contributed by atoms with E-state index >= 15 is 0 Å². The van der Waals surface area contributed by atoms with Crippen molar-refractivity contribution in [2.45, 2.75) is 30.9 Å². The first-order chi connectivity index (χ1) is 7.29. The fourth-order valence-corrected chi connectivity index (χ4v) is 4.53. The second-order valence-corrected chi connectivity index (χ2v) is 6.32. The van der Waals surface area contributed by atoms with Gasteiger partial charge in [0.15, 0.2) is 0 Å². The molecule has 88 valence electrons. The van der Waals surface area contributed by atoms with Crippen LogP contribution in [0.4, 0.5) is 0 Å². The lowest BCUT2D eigenvalue weighted by atomic mass is 9.93. The van der Waals surface area contributed by atoms with Crippen LogP contribution in [0.15, 0.2) is 0 Å². The number of alkyl halides is 1. The molecule has 0 saturated carbocycles. The third kappa shape index (κ3) is 2.71. The maximum atomic E-state index is 5.72. The quantitative estimate of drug-likeness (QED) is 0.742. The number of hydrogen-bond donors (Lipinski definition) is 0. The Morgan fingerprint density at radius 2 is 2.47 bits per heavy atom. The summed E-state index contributed by atoms with van der Waals surface area (Å²) in [5.74, 6) is 2.66. The molecule has 2 saturated heterocycles. The van der Waals surface area contributed by atoms with Gasteiger partial charge in [0.05, 0.1) is 5.60 Å². The zero-order chi connectivity index (χ0) is 10.7. The van der Waals surface area contributed by atoms with Gasteiger partial charge in [0.25, 0.3) is 0 Å². The van der Waals surface area contributed by atoms with Crippen LogP contribution in [0.3, 0.4) is 0 Å². The highest BCUT2D eigenvalue weighted by atomic mass is 79.9. The molecule has 2 atom stereocenters. The molecule has 0 aromatic rings. The molecule has 2 aliphatic rings. The number of hydrogen-bond acceptors (Lipinski definition) is 3. The van der Waals surface area contributed by atoms with Gasteiger partial charge in [0.1, 0.15) is 0 Å². The van der Waals surface area contributed by atoms with Gasteiger partial charge in [-0.15, -0.1) is 0 Å². The molecule has 2 nitrogen and oxygen atoms in total. The minimum absolute atomic E-state index is 0.0749. The summed E-state index contributed by atoms with van der Waals surface area (Å²) in [4.78, 5) is 2.65. The van der Waals surface area contributed by atoms with E-state index in [4.69, 9.17) is 4.74 Å². The second kappa shape index (κ2) is 5.39. The normalized spacial score (nSPS) is 38.4. The van der Waals surface area contributed by atoms with Gasteiger partial charge in [0, 0.05) is 30.8 Å². The average molecular weight is 294 g/mol. The van der Waals surface area contributed by atoms with Crippen LogP contribution in [-0.4, -0.2) is 53.6 Å². The van der Waals surface area contributed by atoms with E-state index in [2.05, 4.69) is 32.6 Å². The Labute approximate surface area is 105 Å². The van der Waals surface area contributed by atoms with Crippen LogP contribution in [0.25, 0.3) is 0 Å². The zero-order valence-corrected chi connectivity index (χ0v) is 11.8. The molecular formula is C11H20BrNOS. The van der Waals surface area contributed by atoms with E-state index in [1.54, 1.807) is 0 Å². The maximum absolute atomic E-state index is 5.72. The number of thioether (sulfide) groups is 1. The van der Waals surface area contributed by atoms with E-state index in [1.165, 1.54) is 37.3 Å². The molecule has 0 aromatic carbocycles. The van der Waals surface area contributed by atoms with Crippen molar-refractivity contribution in [1.82, 2.24) is 4.90 Å². The molecule has 0 aromatic heterocycles. The van der Waals surface area contributed by atoms with Gasteiger partial charge in [0.2, 0.25) is 0 Å². The van der Waals surface area contributed by atoms with Crippen molar-refractivity contribution in [2.24, 2.45) is 0 Å². The van der Waals surface area contributed by atoms with Crippen molar-refractivity contribution in [2.75, 3.05) is 37.0 Å². The number of halogens is 1. The minimum atomic E-state index is 0.0749. The van der Waals surface area contributed by atoms with Crippen molar-refractivity contribution in [3.05, 3.63) is 0 Å². The van der Waals surface area contributed by atoms with Crippen molar-refractivity contribution < 1.29 is 4.74 Å². The number of piperidine rings is 1. The molecule has 0 bridgehead atoms. The zero-order valence-electron chi connectivity index (χ0n) is 9.38. The predicted octanol–water partition coefficient (Wildman–Crippen LogP) is 2.37. The van der Waals surface area contributed by atoms with Gasteiger partial charge >= 0.3 is 0 Å². The summed E-state index contributed by atoms with van der Waals surface area (Å²) in [6, 6.07) is 0.809. The number of methoxy groups -OCH3 is 1. The van der Waals surface area contributed by atoms with Crippen molar-refractivity contribution in [3.63, 3.8) is 0 Å². The van der Waals surface area contributed by atoms with Gasteiger partial charge in [-0.1, -0.05) is 15.9 Å². The van der Waals surface area contributed by atoms with Gasteiger partial charge in [-0.3, -0.25) is 4.90 Å². The largest absolute Gasteiger partial charge is 0.376 e. The van der Waals surface area contributed by atoms with Gasteiger partial charge in [-0.05, 0) is 31.6 Å². The monoisotopic (exact) mass is 293 g/mol. The molecule has 0 N–H and O–H groups in total. The van der Waals surface area contributed by atoms with Crippen LogP contribution in [0.1, 0.15) is 19.3 Å². The molecule has 4 heteroatoms. The highest BCUT2D eigenvalue weighted by molar-refractivity contribution is 9.09. The molecule has 2 fully saturated rings. The first-order valence-corrected chi connectivity index (χ1v) is 8.00. The van der Waals surface area contributed by atoms with Crippen molar-refractivity contribution in [3.8, 4) is 0 Å². The third-order valence-electron chi connectivity index (χ3n) is 3.67. The first kappa shape index (κ1) is 12.2. The van der Waals surface area contributed by atoms with E-state index in [0.717, 1.165) is 17.9 Å². The van der Waals surface area contributed by atoms with Crippen molar-refractivity contribution in [1.29, 1.82) is 0 Å². The highest BCUT2D eigenvalue weighted by Crippen LogP contribution is 2.31. The molecule has 2 rings (SSSR count). The summed E-state index contributed by atoms with van der Waals surface area (Å²) in [5, 5.41) is 0.965. The minimum Gasteiger partial charge on any atom is -0.376 e. The van der Waals surface area contributed by atoms with Gasteiger partial charge in [-0.2, -0.15) is 11.8 Å². The summed E-state index contributed by atoms with van der Waals surface area (Å²) in [5.41, 5.74) is 0.0749. The lowest BCUT2D eigenvalue weighted by Crippen LogP contribution is -2.53. The van der Waals surface area contributed by atoms with E-state index < -0.39 is 0 Å². The molecule has 15 heavy (non-hydrogen) atoms. The molecule has 0 spiro atoms. The molecule has 0 amide bonds. The van der Waals surface area contributed by atoms with Crippen LogP contribution in [0.5, 0.6) is 0 Å². The SMILES string of the molecule is COC1(CBr)CCCN(C2CCSC2)C1.